The minimum Gasteiger partial charge on any atom is -0.495 e. The summed E-state index contributed by atoms with van der Waals surface area (Å²) < 4.78 is 5.80. The van der Waals surface area contributed by atoms with Crippen LogP contribution in [0.25, 0.3) is 0 Å². The molecule has 1 heterocycles. The number of nitrogens with one attached hydrogen (secondary N) is 2. The second-order valence-corrected chi connectivity index (χ2v) is 5.41. The lowest BCUT2D eigenvalue weighted by Crippen LogP contribution is -2.24. The number of hydrogen-bond donors (Lipinski definition) is 2. The predicted molar refractivity (Wildman–Crippen MR) is 82.1 cm³/mol. The van der Waals surface area contributed by atoms with Crippen molar-refractivity contribution in [1.82, 2.24) is 5.43 Å². The lowest BCUT2D eigenvalue weighted by molar-refractivity contribution is 0.252. The van der Waals surface area contributed by atoms with Crippen LogP contribution in [0.1, 0.15) is 4.88 Å². The Morgan fingerprint density at radius 1 is 1.35 bits per heavy atom. The van der Waals surface area contributed by atoms with Crippen molar-refractivity contribution in [2.75, 3.05) is 12.4 Å². The molecule has 20 heavy (non-hydrogen) atoms. The van der Waals surface area contributed by atoms with E-state index in [2.05, 4.69) is 15.8 Å². The highest BCUT2D eigenvalue weighted by Crippen LogP contribution is 2.22. The quantitative estimate of drug-likeness (QED) is 0.670. The van der Waals surface area contributed by atoms with E-state index in [0.717, 1.165) is 4.88 Å². The summed E-state index contributed by atoms with van der Waals surface area (Å²) in [5.41, 5.74) is 2.94. The summed E-state index contributed by atoms with van der Waals surface area (Å²) in [5.74, 6) is 0.580. The van der Waals surface area contributed by atoms with E-state index in [1.165, 1.54) is 24.7 Å². The van der Waals surface area contributed by atoms with Crippen molar-refractivity contribution in [2.24, 2.45) is 5.10 Å². The van der Waals surface area contributed by atoms with Gasteiger partial charge in [0.2, 0.25) is 0 Å². The van der Waals surface area contributed by atoms with Crippen LogP contribution in [0.4, 0.5) is 10.5 Å². The number of rotatable bonds is 4. The van der Waals surface area contributed by atoms with Crippen LogP contribution in [0.5, 0.6) is 5.75 Å². The number of anilines is 1. The fourth-order valence-corrected chi connectivity index (χ4v) is 2.38. The van der Waals surface area contributed by atoms with Gasteiger partial charge in [-0.25, -0.2) is 10.2 Å². The van der Waals surface area contributed by atoms with Gasteiger partial charge in [0.25, 0.3) is 0 Å². The van der Waals surface area contributed by atoms with Crippen LogP contribution < -0.4 is 15.5 Å². The van der Waals surface area contributed by atoms with Gasteiger partial charge in [-0.15, -0.1) is 11.3 Å². The maximum Gasteiger partial charge on any atom is 0.339 e. The molecular weight excluding hydrogens is 298 g/mol. The predicted octanol–water partition coefficient (Wildman–Crippen LogP) is 3.57. The first kappa shape index (κ1) is 14.4. The van der Waals surface area contributed by atoms with Gasteiger partial charge in [-0.2, -0.15) is 5.10 Å². The van der Waals surface area contributed by atoms with Crippen LogP contribution in [0.3, 0.4) is 0 Å². The van der Waals surface area contributed by atoms with Gasteiger partial charge in [0, 0.05) is 4.88 Å². The fraction of sp³-hybridized carbons (Fsp3) is 0.0769. The number of amides is 2. The van der Waals surface area contributed by atoms with Gasteiger partial charge in [0.05, 0.1) is 23.3 Å². The molecule has 1 aromatic carbocycles. The van der Waals surface area contributed by atoms with Crippen molar-refractivity contribution in [3.63, 3.8) is 0 Å². The van der Waals surface area contributed by atoms with Gasteiger partial charge < -0.3 is 10.1 Å². The average molecular weight is 310 g/mol. The van der Waals surface area contributed by atoms with E-state index in [4.69, 9.17) is 16.3 Å². The lowest BCUT2D eigenvalue weighted by atomic mass is 10.3. The summed E-state index contributed by atoms with van der Waals surface area (Å²) in [7, 11) is 1.54. The highest BCUT2D eigenvalue weighted by atomic mass is 35.5. The number of ether oxygens (including phenoxy) is 1. The molecule has 0 aliphatic heterocycles. The van der Waals surface area contributed by atoms with Crippen LogP contribution >= 0.6 is 22.9 Å². The number of nitrogens with zero attached hydrogens (tertiary/aromatic N) is 1. The molecule has 0 atom stereocenters. The second kappa shape index (κ2) is 6.93. The lowest BCUT2D eigenvalue weighted by Gasteiger charge is -2.08. The van der Waals surface area contributed by atoms with Gasteiger partial charge >= 0.3 is 6.03 Å². The minimum atomic E-state index is -0.451. The number of hydrazone groups is 1. The van der Waals surface area contributed by atoms with Gasteiger partial charge in [0.15, 0.2) is 0 Å². The molecule has 2 amide bonds. The largest absolute Gasteiger partial charge is 0.495 e. The topological polar surface area (TPSA) is 62.7 Å². The van der Waals surface area contributed by atoms with Crippen molar-refractivity contribution < 1.29 is 9.53 Å². The molecule has 0 radical (unpaired) electrons. The van der Waals surface area contributed by atoms with Crippen molar-refractivity contribution in [3.05, 3.63) is 45.6 Å². The first-order chi connectivity index (χ1) is 9.69. The maximum atomic E-state index is 11.7. The SMILES string of the molecule is COc1ccccc1NC(=O)NN=Cc1ccc(Cl)s1. The summed E-state index contributed by atoms with van der Waals surface area (Å²) in [6.45, 7) is 0. The third-order valence-corrected chi connectivity index (χ3v) is 3.47. The van der Waals surface area contributed by atoms with Crippen molar-refractivity contribution in [1.29, 1.82) is 0 Å². The standard InChI is InChI=1S/C13H12ClN3O2S/c1-19-11-5-3-2-4-10(11)16-13(18)17-15-8-9-6-7-12(14)20-9/h2-8H,1H3,(H2,16,17,18). The molecule has 1 aromatic heterocycles. The van der Waals surface area contributed by atoms with Gasteiger partial charge in [-0.1, -0.05) is 23.7 Å². The van der Waals surface area contributed by atoms with E-state index in [1.54, 1.807) is 24.3 Å². The van der Waals surface area contributed by atoms with Crippen molar-refractivity contribution in [3.8, 4) is 5.75 Å². The monoisotopic (exact) mass is 309 g/mol. The average Bonchev–Trinajstić information content (AvgIpc) is 2.85. The Morgan fingerprint density at radius 3 is 2.85 bits per heavy atom. The zero-order valence-electron chi connectivity index (χ0n) is 10.6. The molecular formula is C13H12ClN3O2S. The zero-order valence-corrected chi connectivity index (χ0v) is 12.2. The first-order valence-corrected chi connectivity index (χ1v) is 6.87. The molecule has 0 bridgehead atoms. The maximum absolute atomic E-state index is 11.7. The number of halogens is 1. The molecule has 0 aliphatic rings. The zero-order chi connectivity index (χ0) is 14.4. The number of carbonyl (C=O) groups is 1. The van der Waals surface area contributed by atoms with Gasteiger partial charge in [-0.05, 0) is 24.3 Å². The smallest absolute Gasteiger partial charge is 0.339 e. The number of urea groups is 1. The molecule has 0 fully saturated rings. The van der Waals surface area contributed by atoms with E-state index in [0.29, 0.717) is 15.8 Å². The highest BCUT2D eigenvalue weighted by Gasteiger charge is 2.05. The van der Waals surface area contributed by atoms with Crippen molar-refractivity contribution in [2.45, 2.75) is 0 Å². The molecule has 0 spiro atoms. The summed E-state index contributed by atoms with van der Waals surface area (Å²) in [4.78, 5) is 12.5. The summed E-state index contributed by atoms with van der Waals surface area (Å²) >= 11 is 7.16. The molecule has 0 unspecified atom stereocenters. The fourth-order valence-electron chi connectivity index (χ4n) is 1.45. The number of thiophene rings is 1. The van der Waals surface area contributed by atoms with Crippen LogP contribution in [0, 0.1) is 0 Å². The third-order valence-electron chi connectivity index (χ3n) is 2.31. The number of para-hydroxylation sites is 2. The summed E-state index contributed by atoms with van der Waals surface area (Å²) in [6, 6.07) is 10.2. The molecule has 2 rings (SSSR count). The van der Waals surface area contributed by atoms with E-state index in [-0.39, 0.29) is 0 Å². The highest BCUT2D eigenvalue weighted by molar-refractivity contribution is 7.17. The molecule has 2 N–H and O–H groups in total. The Kier molecular flexibility index (Phi) is 4.97. The summed E-state index contributed by atoms with van der Waals surface area (Å²) in [5, 5.41) is 6.47. The normalized spacial score (nSPS) is 10.5. The molecule has 0 saturated carbocycles. The Balaban J connectivity index is 1.91. The van der Waals surface area contributed by atoms with Crippen molar-refractivity contribution >= 4 is 40.9 Å². The number of methoxy groups -OCH3 is 1. The minimum absolute atomic E-state index is 0.451. The van der Waals surface area contributed by atoms with Crippen LogP contribution in [0.15, 0.2) is 41.5 Å². The first-order valence-electron chi connectivity index (χ1n) is 5.67. The van der Waals surface area contributed by atoms with E-state index < -0.39 is 6.03 Å². The van der Waals surface area contributed by atoms with Gasteiger partial charge in [0.1, 0.15) is 5.75 Å². The van der Waals surface area contributed by atoms with E-state index in [1.807, 2.05) is 12.1 Å². The number of hydrogen-bond acceptors (Lipinski definition) is 4. The number of carbonyl (C=O) groups excluding carboxylic acids is 1. The third kappa shape index (κ3) is 3.97. The molecule has 7 heteroatoms. The molecule has 104 valence electrons. The van der Waals surface area contributed by atoms with Crippen LogP contribution in [0.2, 0.25) is 4.34 Å². The van der Waals surface area contributed by atoms with Crippen LogP contribution in [-0.2, 0) is 0 Å². The van der Waals surface area contributed by atoms with E-state index in [9.17, 15) is 4.79 Å². The Morgan fingerprint density at radius 2 is 2.15 bits per heavy atom. The Bertz CT molecular complexity index is 628. The molecule has 5 nitrogen and oxygen atoms in total. The molecule has 0 saturated heterocycles. The van der Waals surface area contributed by atoms with Crippen LogP contribution in [-0.4, -0.2) is 19.4 Å². The van der Waals surface area contributed by atoms with Gasteiger partial charge in [-0.3, -0.25) is 0 Å². The Labute approximate surface area is 125 Å². The van der Waals surface area contributed by atoms with E-state index >= 15 is 0 Å². The number of benzene rings is 1. The molecule has 2 aromatic rings. The Hall–Kier alpha value is -2.05. The second-order valence-electron chi connectivity index (χ2n) is 3.67. The molecule has 0 aliphatic carbocycles. The summed E-state index contributed by atoms with van der Waals surface area (Å²) in [6.07, 6.45) is 1.53.